The van der Waals surface area contributed by atoms with Crippen LogP contribution in [0.15, 0.2) is 29.8 Å². The number of nitrogens with zero attached hydrogens (tertiary/aromatic N) is 4. The van der Waals surface area contributed by atoms with E-state index >= 15 is 0 Å². The molecule has 0 aromatic carbocycles. The fourth-order valence-electron chi connectivity index (χ4n) is 3.27. The third-order valence-electron chi connectivity index (χ3n) is 4.68. The summed E-state index contributed by atoms with van der Waals surface area (Å²) in [5.41, 5.74) is 0. The third kappa shape index (κ3) is 6.18. The molecule has 2 amide bonds. The van der Waals surface area contributed by atoms with E-state index in [1.54, 1.807) is 28.3 Å². The smallest absolute Gasteiger partial charge is 0.239 e. The zero-order valence-electron chi connectivity index (χ0n) is 15.8. The molecule has 1 fully saturated rings. The van der Waals surface area contributed by atoms with Crippen molar-refractivity contribution in [3.8, 4) is 0 Å². The Bertz CT molecular complexity index is 743. The summed E-state index contributed by atoms with van der Waals surface area (Å²) in [7, 11) is 1.82. The fraction of sp³-hybridized carbons (Fsp3) is 0.526. The van der Waals surface area contributed by atoms with E-state index in [2.05, 4.69) is 32.8 Å². The number of aromatic nitrogens is 2. The van der Waals surface area contributed by atoms with Gasteiger partial charge in [0.2, 0.25) is 11.8 Å². The molecule has 0 bridgehead atoms. The van der Waals surface area contributed by atoms with Crippen molar-refractivity contribution in [2.45, 2.75) is 25.7 Å². The molecule has 1 aliphatic rings. The molecule has 2 aromatic heterocycles. The van der Waals surface area contributed by atoms with Gasteiger partial charge in [-0.1, -0.05) is 6.07 Å². The van der Waals surface area contributed by atoms with E-state index in [0.717, 1.165) is 38.9 Å². The Hall–Kier alpha value is -2.19. The van der Waals surface area contributed by atoms with Gasteiger partial charge in [-0.25, -0.2) is 0 Å². The molecule has 0 unspecified atom stereocenters. The first-order chi connectivity index (χ1) is 13.1. The van der Waals surface area contributed by atoms with Crippen molar-refractivity contribution in [3.63, 3.8) is 0 Å². The van der Waals surface area contributed by atoms with Crippen LogP contribution in [0.2, 0.25) is 0 Å². The van der Waals surface area contributed by atoms with Gasteiger partial charge in [0.15, 0.2) is 5.82 Å². The molecule has 0 saturated carbocycles. The number of amides is 2. The van der Waals surface area contributed by atoms with Crippen molar-refractivity contribution in [2.75, 3.05) is 38.0 Å². The second-order valence-corrected chi connectivity index (χ2v) is 7.90. The number of carbonyl (C=O) groups is 2. The minimum Gasteiger partial charge on any atom is -0.341 e. The maximum Gasteiger partial charge on any atom is 0.239 e. The van der Waals surface area contributed by atoms with Gasteiger partial charge < -0.3 is 10.2 Å². The summed E-state index contributed by atoms with van der Waals surface area (Å²) in [5.74, 6) is 0.732. The molecule has 0 aliphatic carbocycles. The molecule has 3 rings (SSSR count). The predicted molar refractivity (Wildman–Crippen MR) is 107 cm³/mol. The van der Waals surface area contributed by atoms with Gasteiger partial charge in [-0.05, 0) is 30.7 Å². The van der Waals surface area contributed by atoms with Crippen molar-refractivity contribution in [1.29, 1.82) is 0 Å². The first kappa shape index (κ1) is 19.6. The van der Waals surface area contributed by atoms with Crippen LogP contribution >= 0.6 is 11.3 Å². The topological polar surface area (TPSA) is 70.5 Å². The standard InChI is InChI=1S/C19H27N5O2S/c1-22-11-8-17(21-22)20-18(25)15-23-9-4-10-24(13-12-23)19(26)7-2-5-16-6-3-14-27-16/h3,6,8,11,14H,2,4-5,7,9-10,12-13,15H2,1H3,(H,20,21,25). The molecule has 27 heavy (non-hydrogen) atoms. The van der Waals surface area contributed by atoms with Crippen LogP contribution in [-0.4, -0.2) is 64.1 Å². The number of aryl methyl sites for hydroxylation is 2. The quantitative estimate of drug-likeness (QED) is 0.786. The highest BCUT2D eigenvalue weighted by Gasteiger charge is 2.20. The average Bonchev–Trinajstić information content (AvgIpc) is 3.23. The second kappa shape index (κ2) is 9.66. The SMILES string of the molecule is Cn1ccc(NC(=O)CN2CCCN(C(=O)CCCc3cccs3)CC2)n1. The van der Waals surface area contributed by atoms with E-state index < -0.39 is 0 Å². The first-order valence-electron chi connectivity index (χ1n) is 9.42. The lowest BCUT2D eigenvalue weighted by Crippen LogP contribution is -2.38. The van der Waals surface area contributed by atoms with Crippen LogP contribution in [0, 0.1) is 0 Å². The Kier molecular flexibility index (Phi) is 7.00. The molecule has 2 aromatic rings. The van der Waals surface area contributed by atoms with Crippen molar-refractivity contribution in [2.24, 2.45) is 7.05 Å². The lowest BCUT2D eigenvalue weighted by Gasteiger charge is -2.21. The molecule has 1 aliphatic heterocycles. The van der Waals surface area contributed by atoms with Crippen LogP contribution in [0.1, 0.15) is 24.1 Å². The zero-order valence-corrected chi connectivity index (χ0v) is 16.6. The van der Waals surface area contributed by atoms with Gasteiger partial charge in [0.25, 0.3) is 0 Å². The van der Waals surface area contributed by atoms with E-state index in [1.165, 1.54) is 4.88 Å². The van der Waals surface area contributed by atoms with Crippen LogP contribution in [-0.2, 0) is 23.1 Å². The Morgan fingerprint density at radius 3 is 2.85 bits per heavy atom. The van der Waals surface area contributed by atoms with E-state index in [0.29, 0.717) is 25.3 Å². The molecule has 1 N–H and O–H groups in total. The number of hydrogen-bond donors (Lipinski definition) is 1. The van der Waals surface area contributed by atoms with Gasteiger partial charge in [-0.3, -0.25) is 19.2 Å². The molecule has 3 heterocycles. The largest absolute Gasteiger partial charge is 0.341 e. The molecule has 146 valence electrons. The maximum absolute atomic E-state index is 12.5. The Morgan fingerprint density at radius 2 is 2.11 bits per heavy atom. The lowest BCUT2D eigenvalue weighted by atomic mass is 10.2. The number of nitrogens with one attached hydrogen (secondary N) is 1. The van der Waals surface area contributed by atoms with Crippen molar-refractivity contribution in [1.82, 2.24) is 19.6 Å². The van der Waals surface area contributed by atoms with Crippen molar-refractivity contribution < 1.29 is 9.59 Å². The van der Waals surface area contributed by atoms with E-state index in [-0.39, 0.29) is 11.8 Å². The Morgan fingerprint density at radius 1 is 1.22 bits per heavy atom. The van der Waals surface area contributed by atoms with Crippen LogP contribution in [0.25, 0.3) is 0 Å². The van der Waals surface area contributed by atoms with Crippen molar-refractivity contribution in [3.05, 3.63) is 34.7 Å². The number of anilines is 1. The minimum absolute atomic E-state index is 0.0653. The monoisotopic (exact) mass is 389 g/mol. The molecule has 0 spiro atoms. The van der Waals surface area contributed by atoms with Gasteiger partial charge >= 0.3 is 0 Å². The highest BCUT2D eigenvalue weighted by molar-refractivity contribution is 7.09. The summed E-state index contributed by atoms with van der Waals surface area (Å²) >= 11 is 1.75. The second-order valence-electron chi connectivity index (χ2n) is 6.87. The summed E-state index contributed by atoms with van der Waals surface area (Å²) in [6.45, 7) is 3.35. The predicted octanol–water partition coefficient (Wildman–Crippen LogP) is 1.98. The third-order valence-corrected chi connectivity index (χ3v) is 5.62. The summed E-state index contributed by atoms with van der Waals surface area (Å²) in [6.07, 6.45) is 5.15. The maximum atomic E-state index is 12.5. The average molecular weight is 390 g/mol. The van der Waals surface area contributed by atoms with Crippen LogP contribution in [0.3, 0.4) is 0 Å². The molecular weight excluding hydrogens is 362 g/mol. The summed E-state index contributed by atoms with van der Waals surface area (Å²) in [5, 5.41) is 9.05. The fourth-order valence-corrected chi connectivity index (χ4v) is 4.02. The highest BCUT2D eigenvalue weighted by Crippen LogP contribution is 2.13. The highest BCUT2D eigenvalue weighted by atomic mass is 32.1. The summed E-state index contributed by atoms with van der Waals surface area (Å²) in [4.78, 5) is 30.1. The van der Waals surface area contributed by atoms with Crippen molar-refractivity contribution >= 4 is 29.0 Å². The van der Waals surface area contributed by atoms with Crippen LogP contribution in [0.5, 0.6) is 0 Å². The number of carbonyl (C=O) groups excluding carboxylic acids is 2. The normalized spacial score (nSPS) is 15.5. The molecular formula is C19H27N5O2S. The zero-order chi connectivity index (χ0) is 19.1. The molecule has 0 atom stereocenters. The Balaban J connectivity index is 1.38. The van der Waals surface area contributed by atoms with Crippen LogP contribution < -0.4 is 5.32 Å². The number of rotatable bonds is 7. The van der Waals surface area contributed by atoms with Gasteiger partial charge in [-0.2, -0.15) is 5.10 Å². The number of hydrogen-bond acceptors (Lipinski definition) is 5. The van der Waals surface area contributed by atoms with Gasteiger partial charge in [0.05, 0.1) is 6.54 Å². The molecule has 7 nitrogen and oxygen atoms in total. The molecule has 1 saturated heterocycles. The van der Waals surface area contributed by atoms with Gasteiger partial charge in [-0.15, -0.1) is 11.3 Å². The molecule has 8 heteroatoms. The van der Waals surface area contributed by atoms with E-state index in [9.17, 15) is 9.59 Å². The molecule has 0 radical (unpaired) electrons. The Labute approximate surface area is 164 Å². The first-order valence-corrected chi connectivity index (χ1v) is 10.3. The summed E-state index contributed by atoms with van der Waals surface area (Å²) in [6, 6.07) is 5.95. The van der Waals surface area contributed by atoms with Gasteiger partial charge in [0, 0.05) is 56.8 Å². The van der Waals surface area contributed by atoms with Gasteiger partial charge in [0.1, 0.15) is 0 Å². The lowest BCUT2D eigenvalue weighted by molar-refractivity contribution is -0.131. The number of thiophene rings is 1. The van der Waals surface area contributed by atoms with E-state index in [4.69, 9.17) is 0 Å². The van der Waals surface area contributed by atoms with E-state index in [1.807, 2.05) is 11.9 Å². The summed E-state index contributed by atoms with van der Waals surface area (Å²) < 4.78 is 1.66. The van der Waals surface area contributed by atoms with Crippen LogP contribution in [0.4, 0.5) is 5.82 Å². The minimum atomic E-state index is -0.0653.